The number of nitriles is 1. The summed E-state index contributed by atoms with van der Waals surface area (Å²) in [5, 5.41) is 9.00. The van der Waals surface area contributed by atoms with Crippen molar-refractivity contribution in [3.63, 3.8) is 0 Å². The number of benzene rings is 1. The molecule has 2 rings (SSSR count). The van der Waals surface area contributed by atoms with E-state index in [1.165, 1.54) is 5.56 Å². The number of aryl methyl sites for hydroxylation is 1. The van der Waals surface area contributed by atoms with Gasteiger partial charge in [-0.3, -0.25) is 0 Å². The standard InChI is InChI=1S/C12H13NO/c1-2-9-3-4-12-11(7-9)10(8-13)5-6-14-12/h3-4,7,10H,2,5-6H2,1H3. The lowest BCUT2D eigenvalue weighted by molar-refractivity contribution is 0.280. The van der Waals surface area contributed by atoms with Crippen LogP contribution in [0.25, 0.3) is 0 Å². The number of fused-ring (bicyclic) bond motifs is 1. The summed E-state index contributed by atoms with van der Waals surface area (Å²) in [7, 11) is 0. The van der Waals surface area contributed by atoms with Gasteiger partial charge in [0.2, 0.25) is 0 Å². The van der Waals surface area contributed by atoms with Crippen LogP contribution in [0, 0.1) is 11.3 Å². The maximum absolute atomic E-state index is 9.00. The van der Waals surface area contributed by atoms with Crippen molar-refractivity contribution < 1.29 is 4.74 Å². The molecule has 0 saturated heterocycles. The Hall–Kier alpha value is -1.49. The second kappa shape index (κ2) is 3.71. The molecule has 0 aromatic heterocycles. The Kier molecular flexibility index (Phi) is 2.41. The first kappa shape index (κ1) is 9.08. The molecule has 0 N–H and O–H groups in total. The summed E-state index contributed by atoms with van der Waals surface area (Å²) in [6.07, 6.45) is 1.82. The molecule has 1 atom stereocenters. The third-order valence-electron chi connectivity index (χ3n) is 2.68. The first-order chi connectivity index (χ1) is 6.85. The quantitative estimate of drug-likeness (QED) is 0.677. The van der Waals surface area contributed by atoms with E-state index in [1.54, 1.807) is 0 Å². The Morgan fingerprint density at radius 2 is 2.43 bits per heavy atom. The van der Waals surface area contributed by atoms with Gasteiger partial charge in [0.15, 0.2) is 0 Å². The van der Waals surface area contributed by atoms with Crippen molar-refractivity contribution in [2.24, 2.45) is 0 Å². The SMILES string of the molecule is CCc1ccc2c(c1)C(C#N)CCO2. The van der Waals surface area contributed by atoms with Gasteiger partial charge in [-0.1, -0.05) is 19.1 Å². The van der Waals surface area contributed by atoms with Gasteiger partial charge in [0.05, 0.1) is 18.6 Å². The molecule has 0 radical (unpaired) electrons. The fourth-order valence-corrected chi connectivity index (χ4v) is 1.80. The molecule has 2 heteroatoms. The van der Waals surface area contributed by atoms with Gasteiger partial charge in [0.25, 0.3) is 0 Å². The highest BCUT2D eigenvalue weighted by Crippen LogP contribution is 2.33. The topological polar surface area (TPSA) is 33.0 Å². The van der Waals surface area contributed by atoms with Gasteiger partial charge in [-0.25, -0.2) is 0 Å². The van der Waals surface area contributed by atoms with E-state index in [1.807, 2.05) is 6.07 Å². The van der Waals surface area contributed by atoms with E-state index in [2.05, 4.69) is 25.1 Å². The summed E-state index contributed by atoms with van der Waals surface area (Å²) < 4.78 is 5.50. The fourth-order valence-electron chi connectivity index (χ4n) is 1.80. The van der Waals surface area contributed by atoms with Crippen molar-refractivity contribution in [1.29, 1.82) is 5.26 Å². The Morgan fingerprint density at radius 1 is 1.57 bits per heavy atom. The van der Waals surface area contributed by atoms with E-state index < -0.39 is 0 Å². The Morgan fingerprint density at radius 3 is 3.14 bits per heavy atom. The molecule has 0 amide bonds. The van der Waals surface area contributed by atoms with E-state index in [0.29, 0.717) is 6.61 Å². The van der Waals surface area contributed by atoms with Gasteiger partial charge in [-0.15, -0.1) is 0 Å². The van der Waals surface area contributed by atoms with Crippen LogP contribution in [-0.4, -0.2) is 6.61 Å². The fraction of sp³-hybridized carbons (Fsp3) is 0.417. The maximum atomic E-state index is 9.00. The molecular formula is C12H13NO. The van der Waals surface area contributed by atoms with Gasteiger partial charge < -0.3 is 4.74 Å². The monoisotopic (exact) mass is 187 g/mol. The summed E-state index contributed by atoms with van der Waals surface area (Å²) in [5.41, 5.74) is 2.34. The van der Waals surface area contributed by atoms with Gasteiger partial charge >= 0.3 is 0 Å². The van der Waals surface area contributed by atoms with Crippen LogP contribution in [0.3, 0.4) is 0 Å². The van der Waals surface area contributed by atoms with Gasteiger partial charge in [0, 0.05) is 12.0 Å². The zero-order valence-electron chi connectivity index (χ0n) is 8.29. The number of hydrogen-bond donors (Lipinski definition) is 0. The first-order valence-corrected chi connectivity index (χ1v) is 5.00. The molecule has 1 unspecified atom stereocenters. The van der Waals surface area contributed by atoms with Gasteiger partial charge in [-0.05, 0) is 18.1 Å². The van der Waals surface area contributed by atoms with Crippen LogP contribution < -0.4 is 4.74 Å². The number of hydrogen-bond acceptors (Lipinski definition) is 2. The second-order valence-electron chi connectivity index (χ2n) is 3.54. The van der Waals surface area contributed by atoms with Crippen molar-refractivity contribution in [3.8, 4) is 11.8 Å². The molecule has 14 heavy (non-hydrogen) atoms. The average Bonchev–Trinajstić information content (AvgIpc) is 2.27. The van der Waals surface area contributed by atoms with Gasteiger partial charge in [-0.2, -0.15) is 5.26 Å². The molecule has 1 aromatic carbocycles. The third-order valence-corrected chi connectivity index (χ3v) is 2.68. The van der Waals surface area contributed by atoms with Crippen LogP contribution in [0.5, 0.6) is 5.75 Å². The molecule has 72 valence electrons. The summed E-state index contributed by atoms with van der Waals surface area (Å²) in [6.45, 7) is 2.78. The summed E-state index contributed by atoms with van der Waals surface area (Å²) in [5.74, 6) is 0.908. The Labute approximate surface area is 84.1 Å². The van der Waals surface area contributed by atoms with Crippen LogP contribution in [0.4, 0.5) is 0 Å². The van der Waals surface area contributed by atoms with Crippen LogP contribution in [0.2, 0.25) is 0 Å². The summed E-state index contributed by atoms with van der Waals surface area (Å²) >= 11 is 0. The highest BCUT2D eigenvalue weighted by atomic mass is 16.5. The van der Waals surface area contributed by atoms with E-state index in [-0.39, 0.29) is 5.92 Å². The molecule has 0 saturated carbocycles. The summed E-state index contributed by atoms with van der Waals surface area (Å²) in [6, 6.07) is 8.48. The number of ether oxygens (including phenoxy) is 1. The van der Waals surface area contributed by atoms with E-state index >= 15 is 0 Å². The predicted molar refractivity (Wildman–Crippen MR) is 54.3 cm³/mol. The molecular weight excluding hydrogens is 174 g/mol. The molecule has 0 fully saturated rings. The molecule has 0 spiro atoms. The van der Waals surface area contributed by atoms with Crippen LogP contribution in [0.1, 0.15) is 30.4 Å². The highest BCUT2D eigenvalue weighted by molar-refractivity contribution is 5.43. The lowest BCUT2D eigenvalue weighted by Gasteiger charge is -2.21. The molecule has 0 aliphatic carbocycles. The van der Waals surface area contributed by atoms with Crippen molar-refractivity contribution in [3.05, 3.63) is 29.3 Å². The predicted octanol–water partition coefficient (Wildman–Crippen LogP) is 2.64. The maximum Gasteiger partial charge on any atom is 0.123 e. The van der Waals surface area contributed by atoms with E-state index in [4.69, 9.17) is 10.00 Å². The third kappa shape index (κ3) is 1.46. The second-order valence-corrected chi connectivity index (χ2v) is 3.54. The lowest BCUT2D eigenvalue weighted by Crippen LogP contribution is -2.13. The smallest absolute Gasteiger partial charge is 0.123 e. The normalized spacial score (nSPS) is 19.3. The van der Waals surface area contributed by atoms with Crippen molar-refractivity contribution in [1.82, 2.24) is 0 Å². The van der Waals surface area contributed by atoms with E-state index in [9.17, 15) is 0 Å². The Bertz CT molecular complexity index is 378. The molecule has 0 bridgehead atoms. The first-order valence-electron chi connectivity index (χ1n) is 5.00. The van der Waals surface area contributed by atoms with Crippen molar-refractivity contribution in [2.45, 2.75) is 25.7 Å². The largest absolute Gasteiger partial charge is 0.493 e. The van der Waals surface area contributed by atoms with Crippen LogP contribution in [-0.2, 0) is 6.42 Å². The molecule has 1 aliphatic heterocycles. The minimum Gasteiger partial charge on any atom is -0.493 e. The molecule has 2 nitrogen and oxygen atoms in total. The van der Waals surface area contributed by atoms with Crippen molar-refractivity contribution >= 4 is 0 Å². The molecule has 1 aliphatic rings. The zero-order chi connectivity index (χ0) is 9.97. The number of rotatable bonds is 1. The minimum atomic E-state index is 0.0187. The average molecular weight is 187 g/mol. The van der Waals surface area contributed by atoms with Crippen molar-refractivity contribution in [2.75, 3.05) is 6.61 Å². The Balaban J connectivity index is 2.44. The number of nitrogens with zero attached hydrogens (tertiary/aromatic N) is 1. The highest BCUT2D eigenvalue weighted by Gasteiger charge is 2.20. The minimum absolute atomic E-state index is 0.0187. The van der Waals surface area contributed by atoms with E-state index in [0.717, 1.165) is 24.2 Å². The lowest BCUT2D eigenvalue weighted by atomic mass is 9.92. The van der Waals surface area contributed by atoms with Gasteiger partial charge in [0.1, 0.15) is 5.75 Å². The summed E-state index contributed by atoms with van der Waals surface area (Å²) in [4.78, 5) is 0. The van der Waals surface area contributed by atoms with Crippen LogP contribution >= 0.6 is 0 Å². The van der Waals surface area contributed by atoms with Crippen LogP contribution in [0.15, 0.2) is 18.2 Å². The molecule has 1 heterocycles. The molecule has 1 aromatic rings. The zero-order valence-corrected chi connectivity index (χ0v) is 8.29.